The van der Waals surface area contributed by atoms with Crippen LogP contribution in [0.1, 0.15) is 44.1 Å². The summed E-state index contributed by atoms with van der Waals surface area (Å²) < 4.78 is 1.89. The van der Waals surface area contributed by atoms with Gasteiger partial charge in [-0.15, -0.1) is 0 Å². The van der Waals surface area contributed by atoms with Gasteiger partial charge in [-0.2, -0.15) is 0 Å². The summed E-state index contributed by atoms with van der Waals surface area (Å²) in [6.45, 7) is 2.83. The summed E-state index contributed by atoms with van der Waals surface area (Å²) in [6.07, 6.45) is 9.71. The number of pyridine rings is 1. The molecule has 0 amide bonds. The van der Waals surface area contributed by atoms with Crippen molar-refractivity contribution in [1.29, 1.82) is 0 Å². The van der Waals surface area contributed by atoms with Crippen LogP contribution in [0, 0.1) is 12.3 Å². The Hall–Kier alpha value is -0.570. The lowest BCUT2D eigenvalue weighted by Crippen LogP contribution is -2.33. The van der Waals surface area contributed by atoms with Crippen LogP contribution < -0.4 is 5.56 Å². The van der Waals surface area contributed by atoms with Crippen LogP contribution >= 0.6 is 15.9 Å². The van der Waals surface area contributed by atoms with Gasteiger partial charge in [0.1, 0.15) is 0 Å². The van der Waals surface area contributed by atoms with Gasteiger partial charge in [-0.25, -0.2) is 0 Å². The Bertz CT molecular complexity index is 444. The minimum Gasteiger partial charge on any atom is -0.315 e. The van der Waals surface area contributed by atoms with E-state index < -0.39 is 0 Å². The smallest absolute Gasteiger partial charge is 0.250 e. The van der Waals surface area contributed by atoms with E-state index in [9.17, 15) is 4.79 Å². The van der Waals surface area contributed by atoms with E-state index in [-0.39, 0.29) is 11.0 Å². The molecule has 1 fully saturated rings. The highest BCUT2D eigenvalue weighted by Crippen LogP contribution is 2.37. The molecule has 1 aromatic rings. The van der Waals surface area contributed by atoms with Crippen LogP contribution in [0.5, 0.6) is 0 Å². The van der Waals surface area contributed by atoms with E-state index in [1.165, 1.54) is 38.5 Å². The molecule has 3 heteroatoms. The van der Waals surface area contributed by atoms with Crippen LogP contribution in [-0.4, -0.2) is 9.90 Å². The Kier molecular flexibility index (Phi) is 4.66. The zero-order valence-electron chi connectivity index (χ0n) is 11.1. The molecule has 0 atom stereocenters. The second-order valence-electron chi connectivity index (χ2n) is 5.72. The number of alkyl halides is 1. The van der Waals surface area contributed by atoms with E-state index >= 15 is 0 Å². The first-order valence-corrected chi connectivity index (χ1v) is 8.00. The second kappa shape index (κ2) is 6.05. The topological polar surface area (TPSA) is 22.0 Å². The van der Waals surface area contributed by atoms with E-state index in [1.54, 1.807) is 6.07 Å². The molecular weight excluding hydrogens is 290 g/mol. The molecule has 1 heterocycles. The van der Waals surface area contributed by atoms with Gasteiger partial charge >= 0.3 is 0 Å². The molecule has 1 saturated carbocycles. The SMILES string of the molecule is Cc1ccn(CC2(CBr)CCCCCC2)c(=O)c1. The first-order valence-electron chi connectivity index (χ1n) is 6.88. The fraction of sp³-hybridized carbons (Fsp3) is 0.667. The lowest BCUT2D eigenvalue weighted by Gasteiger charge is -2.31. The van der Waals surface area contributed by atoms with Crippen molar-refractivity contribution < 1.29 is 0 Å². The van der Waals surface area contributed by atoms with Crippen LogP contribution in [0.4, 0.5) is 0 Å². The largest absolute Gasteiger partial charge is 0.315 e. The summed E-state index contributed by atoms with van der Waals surface area (Å²) in [5, 5.41) is 1.00. The van der Waals surface area contributed by atoms with Crippen molar-refractivity contribution in [2.24, 2.45) is 5.41 Å². The molecule has 0 aromatic carbocycles. The summed E-state index contributed by atoms with van der Waals surface area (Å²) in [7, 11) is 0. The fourth-order valence-corrected chi connectivity index (χ4v) is 3.65. The predicted molar refractivity (Wildman–Crippen MR) is 79.4 cm³/mol. The Morgan fingerprint density at radius 1 is 1.28 bits per heavy atom. The number of aromatic nitrogens is 1. The normalized spacial score (nSPS) is 19.4. The number of hydrogen-bond acceptors (Lipinski definition) is 1. The van der Waals surface area contributed by atoms with Gasteiger partial charge in [-0.1, -0.05) is 41.6 Å². The molecule has 2 rings (SSSR count). The number of aryl methyl sites for hydroxylation is 1. The van der Waals surface area contributed by atoms with Crippen LogP contribution in [0.2, 0.25) is 0 Å². The first-order chi connectivity index (χ1) is 8.65. The van der Waals surface area contributed by atoms with Gasteiger partial charge in [0.15, 0.2) is 0 Å². The zero-order chi connectivity index (χ0) is 13.0. The van der Waals surface area contributed by atoms with Crippen LogP contribution in [0.25, 0.3) is 0 Å². The Morgan fingerprint density at radius 3 is 2.50 bits per heavy atom. The molecule has 0 radical (unpaired) electrons. The standard InChI is InChI=1S/C15H22BrNO/c1-13-6-9-17(14(18)10-13)12-15(11-16)7-4-2-3-5-8-15/h6,9-10H,2-5,7-8,11-12H2,1H3. The number of halogens is 1. The first kappa shape index (κ1) is 13.9. The molecule has 1 aliphatic carbocycles. The molecule has 18 heavy (non-hydrogen) atoms. The van der Waals surface area contributed by atoms with Gasteiger partial charge in [0.05, 0.1) is 0 Å². The molecule has 0 saturated heterocycles. The van der Waals surface area contributed by atoms with Crippen LogP contribution in [-0.2, 0) is 6.54 Å². The van der Waals surface area contributed by atoms with Crippen molar-refractivity contribution in [1.82, 2.24) is 4.57 Å². The van der Waals surface area contributed by atoms with Gasteiger partial charge < -0.3 is 4.57 Å². The van der Waals surface area contributed by atoms with Crippen molar-refractivity contribution in [3.05, 3.63) is 34.2 Å². The summed E-state index contributed by atoms with van der Waals surface area (Å²) in [5.41, 5.74) is 1.46. The molecule has 0 bridgehead atoms. The van der Waals surface area contributed by atoms with Crippen LogP contribution in [0.15, 0.2) is 23.1 Å². The van der Waals surface area contributed by atoms with E-state index in [4.69, 9.17) is 0 Å². The molecular formula is C15H22BrNO. The maximum Gasteiger partial charge on any atom is 0.250 e. The third kappa shape index (κ3) is 3.25. The fourth-order valence-electron chi connectivity index (χ4n) is 2.91. The summed E-state index contributed by atoms with van der Waals surface area (Å²) in [5.74, 6) is 0. The Labute approximate surface area is 118 Å². The summed E-state index contributed by atoms with van der Waals surface area (Å²) >= 11 is 3.68. The monoisotopic (exact) mass is 311 g/mol. The second-order valence-corrected chi connectivity index (χ2v) is 6.28. The van der Waals surface area contributed by atoms with Crippen molar-refractivity contribution in [3.8, 4) is 0 Å². The Morgan fingerprint density at radius 2 is 1.94 bits per heavy atom. The molecule has 1 aliphatic rings. The van der Waals surface area contributed by atoms with E-state index in [1.807, 2.05) is 23.8 Å². The summed E-state index contributed by atoms with van der Waals surface area (Å²) in [6, 6.07) is 3.76. The van der Waals surface area contributed by atoms with Gasteiger partial charge in [-0.3, -0.25) is 4.79 Å². The quantitative estimate of drug-likeness (QED) is 0.613. The molecule has 0 unspecified atom stereocenters. The highest BCUT2D eigenvalue weighted by Gasteiger charge is 2.30. The minimum atomic E-state index is 0.138. The van der Waals surface area contributed by atoms with Crippen molar-refractivity contribution in [3.63, 3.8) is 0 Å². The maximum atomic E-state index is 12.0. The zero-order valence-corrected chi connectivity index (χ0v) is 12.7. The molecule has 1 aromatic heterocycles. The van der Waals surface area contributed by atoms with E-state index in [0.29, 0.717) is 0 Å². The van der Waals surface area contributed by atoms with Gasteiger partial charge in [0, 0.05) is 24.1 Å². The highest BCUT2D eigenvalue weighted by molar-refractivity contribution is 9.09. The third-order valence-electron chi connectivity index (χ3n) is 4.11. The van der Waals surface area contributed by atoms with Gasteiger partial charge in [-0.05, 0) is 36.8 Å². The minimum absolute atomic E-state index is 0.138. The van der Waals surface area contributed by atoms with Gasteiger partial charge in [0.2, 0.25) is 0 Å². The van der Waals surface area contributed by atoms with Crippen molar-refractivity contribution in [2.45, 2.75) is 52.0 Å². The van der Waals surface area contributed by atoms with Gasteiger partial charge in [0.25, 0.3) is 5.56 Å². The lowest BCUT2D eigenvalue weighted by atomic mass is 9.82. The average molecular weight is 312 g/mol. The third-order valence-corrected chi connectivity index (χ3v) is 5.29. The lowest BCUT2D eigenvalue weighted by molar-refractivity contribution is 0.239. The molecule has 2 nitrogen and oxygen atoms in total. The average Bonchev–Trinajstić information content (AvgIpc) is 2.59. The maximum absolute atomic E-state index is 12.0. The molecule has 100 valence electrons. The van der Waals surface area contributed by atoms with Crippen molar-refractivity contribution in [2.75, 3.05) is 5.33 Å². The molecule has 0 spiro atoms. The summed E-state index contributed by atoms with van der Waals surface area (Å²) in [4.78, 5) is 12.0. The Balaban J connectivity index is 2.20. The van der Waals surface area contributed by atoms with E-state index in [2.05, 4.69) is 15.9 Å². The highest BCUT2D eigenvalue weighted by atomic mass is 79.9. The number of hydrogen-bond donors (Lipinski definition) is 0. The van der Waals surface area contributed by atoms with E-state index in [0.717, 1.165) is 17.4 Å². The van der Waals surface area contributed by atoms with Crippen molar-refractivity contribution >= 4 is 15.9 Å². The molecule has 0 N–H and O–H groups in total. The predicted octanol–water partition coefficient (Wildman–Crippen LogP) is 3.89. The molecule has 0 aliphatic heterocycles. The number of nitrogens with zero attached hydrogens (tertiary/aromatic N) is 1. The number of rotatable bonds is 3. The van der Waals surface area contributed by atoms with Crippen LogP contribution in [0.3, 0.4) is 0 Å².